The van der Waals surface area contributed by atoms with Gasteiger partial charge < -0.3 is 14.8 Å². The lowest BCUT2D eigenvalue weighted by Crippen LogP contribution is -2.45. The highest BCUT2D eigenvalue weighted by Crippen LogP contribution is 2.32. The average molecular weight is 323 g/mol. The molecule has 2 aliphatic rings. The van der Waals surface area contributed by atoms with E-state index in [9.17, 15) is 4.79 Å². The van der Waals surface area contributed by atoms with Crippen LogP contribution in [0.1, 0.15) is 56.8 Å². The number of nitrogens with one attached hydrogen (secondary N) is 1. The van der Waals surface area contributed by atoms with E-state index >= 15 is 0 Å². The molecule has 1 atom stereocenters. The Morgan fingerprint density at radius 2 is 1.95 bits per heavy atom. The van der Waals surface area contributed by atoms with Crippen molar-refractivity contribution in [3.63, 3.8) is 0 Å². The molecular formula is C15H25N5OS. The predicted octanol–water partition coefficient (Wildman–Crippen LogP) is 2.72. The summed E-state index contributed by atoms with van der Waals surface area (Å²) in [5.41, 5.74) is 0. The standard InChI is InChI=1S/C15H25N5OS/c1-19-13(17-18-15(19)22-2)12-9-6-10-20(12)14(21)16-11-7-4-3-5-8-11/h11-12H,3-10H2,1-2H3,(H,16,21)/t12-/m0/s1. The molecule has 7 heteroatoms. The van der Waals surface area contributed by atoms with Crippen LogP contribution in [0.4, 0.5) is 4.79 Å². The molecule has 0 aromatic carbocycles. The van der Waals surface area contributed by atoms with Crippen molar-refractivity contribution in [1.29, 1.82) is 0 Å². The summed E-state index contributed by atoms with van der Waals surface area (Å²) in [7, 11) is 1.98. The second-order valence-electron chi connectivity index (χ2n) is 6.24. The fourth-order valence-corrected chi connectivity index (χ4v) is 4.07. The summed E-state index contributed by atoms with van der Waals surface area (Å²) in [6.07, 6.45) is 9.99. The van der Waals surface area contributed by atoms with Crippen molar-refractivity contribution in [3.05, 3.63) is 5.82 Å². The molecule has 1 aliphatic heterocycles. The predicted molar refractivity (Wildman–Crippen MR) is 86.9 cm³/mol. The molecule has 3 rings (SSSR count). The Balaban J connectivity index is 1.69. The molecule has 1 aliphatic carbocycles. The number of urea groups is 1. The first kappa shape index (κ1) is 15.6. The van der Waals surface area contributed by atoms with E-state index in [0.717, 1.165) is 43.2 Å². The number of likely N-dealkylation sites (tertiary alicyclic amines) is 1. The van der Waals surface area contributed by atoms with Crippen molar-refractivity contribution in [2.24, 2.45) is 7.05 Å². The fourth-order valence-electron chi connectivity index (χ4n) is 3.58. The van der Waals surface area contributed by atoms with Crippen LogP contribution in [0.25, 0.3) is 0 Å². The number of rotatable bonds is 3. The molecule has 2 fully saturated rings. The molecule has 1 saturated carbocycles. The van der Waals surface area contributed by atoms with Gasteiger partial charge in [0.1, 0.15) is 0 Å². The first-order chi connectivity index (χ1) is 10.7. The maximum absolute atomic E-state index is 12.6. The van der Waals surface area contributed by atoms with Gasteiger partial charge in [-0.15, -0.1) is 10.2 Å². The van der Waals surface area contributed by atoms with E-state index < -0.39 is 0 Å². The van der Waals surface area contributed by atoms with Gasteiger partial charge in [-0.2, -0.15) is 0 Å². The molecule has 22 heavy (non-hydrogen) atoms. The van der Waals surface area contributed by atoms with Crippen LogP contribution in [0.3, 0.4) is 0 Å². The van der Waals surface area contributed by atoms with Gasteiger partial charge in [-0.25, -0.2) is 4.79 Å². The third-order valence-corrected chi connectivity index (χ3v) is 5.52. The summed E-state index contributed by atoms with van der Waals surface area (Å²) in [5.74, 6) is 0.903. The van der Waals surface area contributed by atoms with Crippen LogP contribution in [0, 0.1) is 0 Å². The monoisotopic (exact) mass is 323 g/mol. The zero-order valence-electron chi connectivity index (χ0n) is 13.4. The summed E-state index contributed by atoms with van der Waals surface area (Å²) < 4.78 is 2.02. The zero-order chi connectivity index (χ0) is 15.5. The molecule has 1 N–H and O–H groups in total. The number of thioether (sulfide) groups is 1. The smallest absolute Gasteiger partial charge is 0.318 e. The quantitative estimate of drug-likeness (QED) is 0.869. The topological polar surface area (TPSA) is 63.1 Å². The second-order valence-corrected chi connectivity index (χ2v) is 7.01. The second kappa shape index (κ2) is 6.89. The van der Waals surface area contributed by atoms with Gasteiger partial charge in [0.05, 0.1) is 6.04 Å². The molecule has 1 aromatic rings. The van der Waals surface area contributed by atoms with Crippen molar-refractivity contribution < 1.29 is 4.79 Å². The molecule has 122 valence electrons. The first-order valence-electron chi connectivity index (χ1n) is 8.21. The Kier molecular flexibility index (Phi) is 4.90. The number of carbonyl (C=O) groups excluding carboxylic acids is 1. The number of hydrogen-bond acceptors (Lipinski definition) is 4. The van der Waals surface area contributed by atoms with Gasteiger partial charge in [0.15, 0.2) is 11.0 Å². The molecule has 0 spiro atoms. The molecule has 2 amide bonds. The van der Waals surface area contributed by atoms with E-state index in [2.05, 4.69) is 15.5 Å². The maximum Gasteiger partial charge on any atom is 0.318 e. The van der Waals surface area contributed by atoms with Crippen molar-refractivity contribution >= 4 is 17.8 Å². The Bertz CT molecular complexity index is 526. The van der Waals surface area contributed by atoms with Crippen LogP contribution in [-0.2, 0) is 7.05 Å². The van der Waals surface area contributed by atoms with Gasteiger partial charge in [0.25, 0.3) is 0 Å². The average Bonchev–Trinajstić information content (AvgIpc) is 3.14. The lowest BCUT2D eigenvalue weighted by Gasteiger charge is -2.29. The van der Waals surface area contributed by atoms with Gasteiger partial charge in [0.2, 0.25) is 0 Å². The lowest BCUT2D eigenvalue weighted by atomic mass is 9.96. The largest absolute Gasteiger partial charge is 0.335 e. The van der Waals surface area contributed by atoms with E-state index in [1.54, 1.807) is 11.8 Å². The third kappa shape index (κ3) is 3.09. The Hall–Kier alpha value is -1.24. The Morgan fingerprint density at radius 1 is 1.18 bits per heavy atom. The molecular weight excluding hydrogens is 298 g/mol. The number of aromatic nitrogens is 3. The Labute approximate surface area is 136 Å². The van der Waals surface area contributed by atoms with Crippen LogP contribution < -0.4 is 5.32 Å². The number of hydrogen-bond donors (Lipinski definition) is 1. The van der Waals surface area contributed by atoms with Crippen LogP contribution in [0.5, 0.6) is 0 Å². The molecule has 1 saturated heterocycles. The van der Waals surface area contributed by atoms with Gasteiger partial charge >= 0.3 is 6.03 Å². The summed E-state index contributed by atoms with van der Waals surface area (Å²) in [6, 6.07) is 0.480. The van der Waals surface area contributed by atoms with Gasteiger partial charge in [-0.05, 0) is 31.9 Å². The minimum Gasteiger partial charge on any atom is -0.335 e. The maximum atomic E-state index is 12.6. The summed E-state index contributed by atoms with van der Waals surface area (Å²) >= 11 is 1.58. The molecule has 0 unspecified atom stereocenters. The van der Waals surface area contributed by atoms with E-state index in [0.29, 0.717) is 6.04 Å². The Morgan fingerprint density at radius 3 is 2.64 bits per heavy atom. The van der Waals surface area contributed by atoms with E-state index in [1.807, 2.05) is 22.8 Å². The van der Waals surface area contributed by atoms with Crippen molar-refractivity contribution in [3.8, 4) is 0 Å². The van der Waals surface area contributed by atoms with Crippen LogP contribution in [0.15, 0.2) is 5.16 Å². The summed E-state index contributed by atoms with van der Waals surface area (Å²) in [5, 5.41) is 12.6. The number of carbonyl (C=O) groups is 1. The van der Waals surface area contributed by atoms with Crippen LogP contribution in [-0.4, -0.2) is 44.5 Å². The molecule has 2 heterocycles. The molecule has 0 bridgehead atoms. The minimum atomic E-state index is 0.0574. The highest BCUT2D eigenvalue weighted by atomic mass is 32.2. The summed E-state index contributed by atoms with van der Waals surface area (Å²) in [6.45, 7) is 0.810. The molecule has 6 nitrogen and oxygen atoms in total. The van der Waals surface area contributed by atoms with Crippen LogP contribution in [0.2, 0.25) is 0 Å². The first-order valence-corrected chi connectivity index (χ1v) is 9.43. The van der Waals surface area contributed by atoms with Crippen molar-refractivity contribution in [2.75, 3.05) is 12.8 Å². The number of amides is 2. The third-order valence-electron chi connectivity index (χ3n) is 4.80. The van der Waals surface area contributed by atoms with E-state index in [1.165, 1.54) is 19.3 Å². The highest BCUT2D eigenvalue weighted by Gasteiger charge is 2.34. The summed E-state index contributed by atoms with van der Waals surface area (Å²) in [4.78, 5) is 14.6. The van der Waals surface area contributed by atoms with Gasteiger partial charge in [-0.1, -0.05) is 31.0 Å². The minimum absolute atomic E-state index is 0.0574. The molecule has 1 aromatic heterocycles. The number of nitrogens with zero attached hydrogens (tertiary/aromatic N) is 4. The molecule has 0 radical (unpaired) electrons. The SMILES string of the molecule is CSc1nnc([C@@H]2CCCN2C(=O)NC2CCCCC2)n1C. The normalized spacial score (nSPS) is 23.0. The lowest BCUT2D eigenvalue weighted by molar-refractivity contribution is 0.182. The fraction of sp³-hybridized carbons (Fsp3) is 0.800. The van der Waals surface area contributed by atoms with Crippen molar-refractivity contribution in [2.45, 2.75) is 62.2 Å². The van der Waals surface area contributed by atoms with E-state index in [-0.39, 0.29) is 12.1 Å². The highest BCUT2D eigenvalue weighted by molar-refractivity contribution is 7.98. The van der Waals surface area contributed by atoms with Crippen molar-refractivity contribution in [1.82, 2.24) is 25.0 Å². The van der Waals surface area contributed by atoms with Crippen LogP contribution >= 0.6 is 11.8 Å². The van der Waals surface area contributed by atoms with E-state index in [4.69, 9.17) is 0 Å². The van der Waals surface area contributed by atoms with Gasteiger partial charge in [-0.3, -0.25) is 0 Å². The van der Waals surface area contributed by atoms with Gasteiger partial charge in [0, 0.05) is 19.6 Å². The zero-order valence-corrected chi connectivity index (χ0v) is 14.2.